The highest BCUT2D eigenvalue weighted by molar-refractivity contribution is 7.80. The van der Waals surface area contributed by atoms with E-state index in [4.69, 9.17) is 41.7 Å². The predicted octanol–water partition coefficient (Wildman–Crippen LogP) is -1.59. The standard InChI is InChI=1S/C15H23N3O9S/c1-6(19)23-5-10-11(24-7(2)20)12(25-8(3)21)13(26-9(4)22)14(27-10)17-15(28)18-16/h10-14H,5,16H2,1-4H3,(H2,17,18,28)/t10-,11+,12+,13-,14-/m1/s1. The maximum absolute atomic E-state index is 11.6. The summed E-state index contributed by atoms with van der Waals surface area (Å²) in [5, 5.41) is 2.57. The van der Waals surface area contributed by atoms with Crippen molar-refractivity contribution < 1.29 is 42.9 Å². The lowest BCUT2D eigenvalue weighted by molar-refractivity contribution is -0.254. The molecule has 0 amide bonds. The number of carbonyl (C=O) groups is 4. The van der Waals surface area contributed by atoms with E-state index in [9.17, 15) is 19.2 Å². The first-order valence-electron chi connectivity index (χ1n) is 8.12. The summed E-state index contributed by atoms with van der Waals surface area (Å²) in [4.78, 5) is 45.9. The van der Waals surface area contributed by atoms with E-state index in [0.717, 1.165) is 20.8 Å². The van der Waals surface area contributed by atoms with Crippen molar-refractivity contribution in [2.24, 2.45) is 5.84 Å². The fourth-order valence-corrected chi connectivity index (χ4v) is 2.63. The van der Waals surface area contributed by atoms with Crippen molar-refractivity contribution >= 4 is 41.2 Å². The van der Waals surface area contributed by atoms with Gasteiger partial charge in [0.1, 0.15) is 12.7 Å². The Balaban J connectivity index is 3.30. The molecular formula is C15H23N3O9S. The fraction of sp³-hybridized carbons (Fsp3) is 0.667. The lowest BCUT2D eigenvalue weighted by Gasteiger charge is -2.44. The molecule has 5 atom stereocenters. The van der Waals surface area contributed by atoms with Crippen molar-refractivity contribution in [3.8, 4) is 0 Å². The van der Waals surface area contributed by atoms with Crippen molar-refractivity contribution in [2.45, 2.75) is 58.3 Å². The molecule has 0 radical (unpaired) electrons. The third kappa shape index (κ3) is 7.25. The fourth-order valence-electron chi connectivity index (χ4n) is 2.52. The topological polar surface area (TPSA) is 165 Å². The normalized spacial score (nSPS) is 26.4. The Labute approximate surface area is 166 Å². The number of hydrogen-bond donors (Lipinski definition) is 3. The van der Waals surface area contributed by atoms with E-state index in [1.54, 1.807) is 0 Å². The van der Waals surface area contributed by atoms with Gasteiger partial charge in [0, 0.05) is 27.7 Å². The van der Waals surface area contributed by atoms with Crippen LogP contribution in [0.5, 0.6) is 0 Å². The number of carbonyl (C=O) groups excluding carboxylic acids is 4. The van der Waals surface area contributed by atoms with E-state index < -0.39 is 54.5 Å². The van der Waals surface area contributed by atoms with E-state index in [1.165, 1.54) is 6.92 Å². The van der Waals surface area contributed by atoms with Gasteiger partial charge in [-0.05, 0) is 12.2 Å². The minimum absolute atomic E-state index is 0.0686. The van der Waals surface area contributed by atoms with Crippen molar-refractivity contribution in [2.75, 3.05) is 6.61 Å². The van der Waals surface area contributed by atoms with E-state index in [-0.39, 0.29) is 11.7 Å². The van der Waals surface area contributed by atoms with Gasteiger partial charge in [0.2, 0.25) is 0 Å². The molecule has 1 rings (SSSR count). The average molecular weight is 421 g/mol. The van der Waals surface area contributed by atoms with Gasteiger partial charge in [-0.3, -0.25) is 19.2 Å². The third-order valence-corrected chi connectivity index (χ3v) is 3.63. The summed E-state index contributed by atoms with van der Waals surface area (Å²) in [5.74, 6) is 2.46. The average Bonchev–Trinajstić information content (AvgIpc) is 2.57. The minimum atomic E-state index is -1.28. The molecule has 1 fully saturated rings. The van der Waals surface area contributed by atoms with Crippen LogP contribution in [0.4, 0.5) is 0 Å². The largest absolute Gasteiger partial charge is 0.463 e. The van der Waals surface area contributed by atoms with Gasteiger partial charge in [0.15, 0.2) is 29.7 Å². The molecule has 0 aromatic rings. The highest BCUT2D eigenvalue weighted by Gasteiger charge is 2.52. The Morgan fingerprint density at radius 3 is 1.86 bits per heavy atom. The molecule has 0 unspecified atom stereocenters. The van der Waals surface area contributed by atoms with Crippen LogP contribution >= 0.6 is 12.2 Å². The first-order valence-corrected chi connectivity index (χ1v) is 8.53. The van der Waals surface area contributed by atoms with Crippen LogP contribution in [0.2, 0.25) is 0 Å². The molecule has 158 valence electrons. The summed E-state index contributed by atoms with van der Waals surface area (Å²) in [6.45, 7) is 4.23. The Hall–Kier alpha value is -2.51. The number of hydrazine groups is 1. The molecule has 28 heavy (non-hydrogen) atoms. The molecule has 1 aliphatic rings. The first kappa shape index (κ1) is 23.5. The van der Waals surface area contributed by atoms with E-state index in [1.807, 2.05) is 0 Å². The summed E-state index contributed by atoms with van der Waals surface area (Å²) in [6, 6.07) is 0. The molecule has 0 aromatic heterocycles. The van der Waals surface area contributed by atoms with Crippen LogP contribution in [0.1, 0.15) is 27.7 Å². The predicted molar refractivity (Wildman–Crippen MR) is 95.0 cm³/mol. The number of thiocarbonyl (C=S) groups is 1. The molecule has 13 heteroatoms. The van der Waals surface area contributed by atoms with Crippen LogP contribution in [0.15, 0.2) is 0 Å². The summed E-state index contributed by atoms with van der Waals surface area (Å²) in [6.07, 6.45) is -6.00. The highest BCUT2D eigenvalue weighted by atomic mass is 32.1. The zero-order valence-electron chi connectivity index (χ0n) is 15.8. The number of ether oxygens (including phenoxy) is 5. The maximum atomic E-state index is 11.6. The van der Waals surface area contributed by atoms with E-state index >= 15 is 0 Å². The molecular weight excluding hydrogens is 398 g/mol. The van der Waals surface area contributed by atoms with Crippen molar-refractivity contribution in [1.29, 1.82) is 0 Å². The Morgan fingerprint density at radius 2 is 1.39 bits per heavy atom. The smallest absolute Gasteiger partial charge is 0.303 e. The van der Waals surface area contributed by atoms with Crippen molar-refractivity contribution in [3.63, 3.8) is 0 Å². The van der Waals surface area contributed by atoms with E-state index in [2.05, 4.69) is 10.7 Å². The molecule has 0 spiro atoms. The summed E-state index contributed by atoms with van der Waals surface area (Å²) in [7, 11) is 0. The summed E-state index contributed by atoms with van der Waals surface area (Å²) in [5.41, 5.74) is 2.17. The van der Waals surface area contributed by atoms with Gasteiger partial charge in [0.05, 0.1) is 0 Å². The molecule has 0 aromatic carbocycles. The summed E-state index contributed by atoms with van der Waals surface area (Å²) >= 11 is 4.93. The lowest BCUT2D eigenvalue weighted by Crippen LogP contribution is -2.67. The zero-order chi connectivity index (χ0) is 21.4. The molecule has 1 heterocycles. The Morgan fingerprint density at radius 1 is 0.893 bits per heavy atom. The van der Waals surface area contributed by atoms with Crippen LogP contribution in [-0.2, 0) is 42.9 Å². The number of nitrogens with one attached hydrogen (secondary N) is 2. The Bertz CT molecular complexity index is 630. The van der Waals surface area contributed by atoms with E-state index in [0.29, 0.717) is 0 Å². The van der Waals surface area contributed by atoms with Gasteiger partial charge in [0.25, 0.3) is 0 Å². The second kappa shape index (κ2) is 10.7. The van der Waals surface area contributed by atoms with Gasteiger partial charge in [-0.2, -0.15) is 0 Å². The number of rotatable bonds is 6. The van der Waals surface area contributed by atoms with Gasteiger partial charge < -0.3 is 34.4 Å². The first-order chi connectivity index (χ1) is 13.0. The summed E-state index contributed by atoms with van der Waals surface area (Å²) < 4.78 is 26.4. The van der Waals surface area contributed by atoms with Crippen LogP contribution < -0.4 is 16.6 Å². The lowest BCUT2D eigenvalue weighted by atomic mass is 9.97. The molecule has 4 N–H and O–H groups in total. The SMILES string of the molecule is CC(=O)OC[C@H]1O[C@@H](NC(=S)NN)[C@H](OC(C)=O)[C@@H](OC(C)=O)[C@H]1OC(C)=O. The quantitative estimate of drug-likeness (QED) is 0.148. The monoisotopic (exact) mass is 421 g/mol. The molecule has 12 nitrogen and oxygen atoms in total. The number of esters is 4. The van der Waals surface area contributed by atoms with Crippen molar-refractivity contribution in [3.05, 3.63) is 0 Å². The third-order valence-electron chi connectivity index (χ3n) is 3.40. The van der Waals surface area contributed by atoms with Crippen LogP contribution in [0, 0.1) is 0 Å². The van der Waals surface area contributed by atoms with Gasteiger partial charge in [-0.1, -0.05) is 0 Å². The minimum Gasteiger partial charge on any atom is -0.463 e. The number of nitrogens with two attached hydrogens (primary N) is 1. The van der Waals surface area contributed by atoms with Crippen LogP contribution in [0.3, 0.4) is 0 Å². The molecule has 0 saturated carbocycles. The van der Waals surface area contributed by atoms with Crippen LogP contribution in [-0.4, -0.2) is 66.2 Å². The molecule has 0 aliphatic carbocycles. The second-order valence-electron chi connectivity index (χ2n) is 5.74. The Kier molecular flexibility index (Phi) is 9.02. The highest BCUT2D eigenvalue weighted by Crippen LogP contribution is 2.28. The maximum Gasteiger partial charge on any atom is 0.303 e. The molecule has 0 bridgehead atoms. The van der Waals surface area contributed by atoms with Gasteiger partial charge >= 0.3 is 23.9 Å². The second-order valence-corrected chi connectivity index (χ2v) is 6.15. The van der Waals surface area contributed by atoms with Crippen molar-refractivity contribution in [1.82, 2.24) is 10.7 Å². The molecule has 1 aliphatic heterocycles. The van der Waals surface area contributed by atoms with Gasteiger partial charge in [-0.15, -0.1) is 0 Å². The zero-order valence-corrected chi connectivity index (χ0v) is 16.6. The van der Waals surface area contributed by atoms with Gasteiger partial charge in [-0.25, -0.2) is 5.84 Å². The molecule has 1 saturated heterocycles. The van der Waals surface area contributed by atoms with Crippen LogP contribution in [0.25, 0.3) is 0 Å². The number of hydrogen-bond acceptors (Lipinski definition) is 11.